The highest BCUT2D eigenvalue weighted by Gasteiger charge is 2.21. The lowest BCUT2D eigenvalue weighted by molar-refractivity contribution is -0.139. The van der Waals surface area contributed by atoms with Crippen LogP contribution in [0.5, 0.6) is 5.75 Å². The Labute approximate surface area is 241 Å². The Balaban J connectivity index is 0.000000378. The summed E-state index contributed by atoms with van der Waals surface area (Å²) < 4.78 is 21.9. The molecule has 1 aliphatic rings. The van der Waals surface area contributed by atoms with E-state index in [2.05, 4.69) is 15.4 Å². The third-order valence-corrected chi connectivity index (χ3v) is 7.03. The SMILES string of the molecule is CC(Oc1cc(-c2cnn(C3CCNCC3)c2)cnc1N)c1c(Cl)ccc(F)c1Cl.O=C(O)CCCCC(=O)O. The third kappa shape index (κ3) is 8.80. The minimum Gasteiger partial charge on any atom is -0.482 e. The summed E-state index contributed by atoms with van der Waals surface area (Å²) in [6.45, 7) is 3.71. The Morgan fingerprint density at radius 3 is 2.42 bits per heavy atom. The van der Waals surface area contributed by atoms with Crippen LogP contribution in [0.3, 0.4) is 0 Å². The quantitative estimate of drug-likeness (QED) is 0.169. The summed E-state index contributed by atoms with van der Waals surface area (Å²) in [4.78, 5) is 24.0. The molecule has 1 fully saturated rings. The van der Waals surface area contributed by atoms with Gasteiger partial charge in [-0.2, -0.15) is 5.10 Å². The first kappa shape index (κ1) is 31.1. The number of nitrogens with two attached hydrogens (primary N) is 1. The Bertz CT molecular complexity index is 1300. The number of aromatic nitrogens is 3. The number of hydrogen-bond donors (Lipinski definition) is 4. The van der Waals surface area contributed by atoms with Gasteiger partial charge in [0.25, 0.3) is 0 Å². The predicted molar refractivity (Wildman–Crippen MR) is 150 cm³/mol. The summed E-state index contributed by atoms with van der Waals surface area (Å²) in [5.74, 6) is -1.71. The van der Waals surface area contributed by atoms with Crippen LogP contribution in [0.4, 0.5) is 10.2 Å². The maximum atomic E-state index is 13.9. The molecular weight excluding hydrogens is 564 g/mol. The number of nitrogens with one attached hydrogen (secondary N) is 1. The number of nitrogen functional groups attached to an aromatic ring is 1. The van der Waals surface area contributed by atoms with Gasteiger partial charge in [-0.3, -0.25) is 14.3 Å². The molecule has 1 aliphatic heterocycles. The van der Waals surface area contributed by atoms with Crippen molar-refractivity contribution in [3.05, 3.63) is 58.2 Å². The number of carboxylic acids is 2. The minimum absolute atomic E-state index is 0.0628. The molecule has 4 rings (SSSR count). The van der Waals surface area contributed by atoms with Crippen LogP contribution in [0.2, 0.25) is 10.0 Å². The van der Waals surface area contributed by atoms with Gasteiger partial charge in [0.15, 0.2) is 11.6 Å². The Morgan fingerprint density at radius 1 is 1.15 bits per heavy atom. The monoisotopic (exact) mass is 595 g/mol. The lowest BCUT2D eigenvalue weighted by Crippen LogP contribution is -2.29. The van der Waals surface area contributed by atoms with Crippen LogP contribution in [-0.4, -0.2) is 50.0 Å². The van der Waals surface area contributed by atoms with Gasteiger partial charge >= 0.3 is 11.9 Å². The van der Waals surface area contributed by atoms with Crippen molar-refractivity contribution in [1.82, 2.24) is 20.1 Å². The molecule has 0 bridgehead atoms. The highest BCUT2D eigenvalue weighted by Crippen LogP contribution is 2.37. The van der Waals surface area contributed by atoms with Crippen molar-refractivity contribution < 1.29 is 28.9 Å². The summed E-state index contributed by atoms with van der Waals surface area (Å²) in [5.41, 5.74) is 8.12. The molecule has 216 valence electrons. The van der Waals surface area contributed by atoms with Gasteiger partial charge in [-0.1, -0.05) is 23.2 Å². The molecular formula is C27H32Cl2FN5O5. The molecule has 1 unspecified atom stereocenters. The van der Waals surface area contributed by atoms with Gasteiger partial charge in [-0.25, -0.2) is 9.37 Å². The van der Waals surface area contributed by atoms with Crippen molar-refractivity contribution in [2.45, 2.75) is 57.6 Å². The van der Waals surface area contributed by atoms with E-state index in [4.69, 9.17) is 43.9 Å². The topological polar surface area (TPSA) is 153 Å². The van der Waals surface area contributed by atoms with Crippen LogP contribution in [0.15, 0.2) is 36.8 Å². The Morgan fingerprint density at radius 2 is 1.80 bits per heavy atom. The lowest BCUT2D eigenvalue weighted by Gasteiger charge is -2.22. The molecule has 0 saturated carbocycles. The standard InChI is InChI=1S/C21H22Cl2FN5O.C6H10O4/c1-12(19-16(22)2-3-17(24)20(19)23)30-18-8-13(9-27-21(18)25)14-10-28-29(11-14)15-4-6-26-7-5-15;7-5(8)3-1-2-4-6(9)10/h2-3,8-12,15,26H,4-7H2,1H3,(H2,25,27);1-4H2,(H,7,8)(H,9,10). The second kappa shape index (κ2) is 14.8. The Hall–Kier alpha value is -3.41. The number of rotatable bonds is 10. The van der Waals surface area contributed by atoms with Gasteiger partial charge in [0.1, 0.15) is 11.9 Å². The summed E-state index contributed by atoms with van der Waals surface area (Å²) in [5, 5.41) is 24.4. The highest BCUT2D eigenvalue weighted by molar-refractivity contribution is 6.36. The zero-order valence-corrected chi connectivity index (χ0v) is 23.5. The normalized spacial score (nSPS) is 14.2. The lowest BCUT2D eigenvalue weighted by atomic mass is 10.1. The van der Waals surface area contributed by atoms with E-state index in [1.807, 2.05) is 17.1 Å². The van der Waals surface area contributed by atoms with E-state index >= 15 is 0 Å². The van der Waals surface area contributed by atoms with E-state index in [-0.39, 0.29) is 23.7 Å². The summed E-state index contributed by atoms with van der Waals surface area (Å²) in [6.07, 6.45) is 7.98. The maximum Gasteiger partial charge on any atom is 0.303 e. The fourth-order valence-electron chi connectivity index (χ4n) is 4.18. The zero-order chi connectivity index (χ0) is 29.2. The summed E-state index contributed by atoms with van der Waals surface area (Å²) in [7, 11) is 0. The van der Waals surface area contributed by atoms with E-state index in [1.54, 1.807) is 19.2 Å². The van der Waals surface area contributed by atoms with Gasteiger partial charge in [0.05, 0.1) is 17.3 Å². The number of carbonyl (C=O) groups is 2. The first-order chi connectivity index (χ1) is 19.1. The van der Waals surface area contributed by atoms with Crippen molar-refractivity contribution in [2.24, 2.45) is 0 Å². The molecule has 1 atom stereocenters. The number of pyridine rings is 1. The summed E-state index contributed by atoms with van der Waals surface area (Å²) in [6, 6.07) is 4.85. The molecule has 13 heteroatoms. The minimum atomic E-state index is -0.870. The third-order valence-electron chi connectivity index (χ3n) is 6.32. The van der Waals surface area contributed by atoms with Gasteiger partial charge in [0, 0.05) is 46.9 Å². The number of ether oxygens (including phenoxy) is 1. The number of nitrogens with zero attached hydrogens (tertiary/aromatic N) is 3. The van der Waals surface area contributed by atoms with Crippen LogP contribution in [0, 0.1) is 5.82 Å². The molecule has 40 heavy (non-hydrogen) atoms. The molecule has 3 heterocycles. The second-order valence-corrected chi connectivity index (χ2v) is 10.1. The van der Waals surface area contributed by atoms with E-state index in [1.165, 1.54) is 12.1 Å². The first-order valence-electron chi connectivity index (χ1n) is 12.8. The fourth-order valence-corrected chi connectivity index (χ4v) is 4.86. The van der Waals surface area contributed by atoms with Crippen molar-refractivity contribution >= 4 is 41.0 Å². The van der Waals surface area contributed by atoms with Crippen molar-refractivity contribution in [2.75, 3.05) is 18.8 Å². The van der Waals surface area contributed by atoms with Crippen LogP contribution in [0.1, 0.15) is 63.2 Å². The number of halogens is 3. The van der Waals surface area contributed by atoms with Crippen molar-refractivity contribution in [1.29, 1.82) is 0 Å². The van der Waals surface area contributed by atoms with E-state index in [0.29, 0.717) is 35.2 Å². The number of unbranched alkanes of at least 4 members (excludes halogenated alkanes) is 1. The molecule has 1 saturated heterocycles. The average molecular weight is 596 g/mol. The summed E-state index contributed by atoms with van der Waals surface area (Å²) >= 11 is 12.3. The number of aliphatic carboxylic acids is 2. The predicted octanol–water partition coefficient (Wildman–Crippen LogP) is 5.75. The molecule has 5 N–H and O–H groups in total. The van der Waals surface area contributed by atoms with Crippen LogP contribution < -0.4 is 15.8 Å². The Kier molecular flexibility index (Phi) is 11.5. The molecule has 10 nitrogen and oxygen atoms in total. The van der Waals surface area contributed by atoms with E-state index in [9.17, 15) is 14.0 Å². The number of hydrogen-bond acceptors (Lipinski definition) is 7. The van der Waals surface area contributed by atoms with Crippen molar-refractivity contribution in [3.63, 3.8) is 0 Å². The van der Waals surface area contributed by atoms with Crippen LogP contribution >= 0.6 is 23.2 Å². The molecule has 3 aromatic rings. The van der Waals surface area contributed by atoms with Crippen LogP contribution in [-0.2, 0) is 9.59 Å². The number of piperidine rings is 1. The number of carboxylic acid groups (broad SMARTS) is 2. The average Bonchev–Trinajstić information content (AvgIpc) is 3.41. The maximum absolute atomic E-state index is 13.9. The number of anilines is 1. The van der Waals surface area contributed by atoms with Gasteiger partial charge in [0.2, 0.25) is 0 Å². The molecule has 0 aliphatic carbocycles. The smallest absolute Gasteiger partial charge is 0.303 e. The van der Waals surface area contributed by atoms with E-state index < -0.39 is 23.9 Å². The van der Waals surface area contributed by atoms with Crippen molar-refractivity contribution in [3.8, 4) is 16.9 Å². The van der Waals surface area contributed by atoms with Gasteiger partial charge in [-0.15, -0.1) is 0 Å². The number of benzene rings is 1. The zero-order valence-electron chi connectivity index (χ0n) is 21.9. The molecule has 1 aromatic carbocycles. The molecule has 0 radical (unpaired) electrons. The van der Waals surface area contributed by atoms with Gasteiger partial charge in [-0.05, 0) is 63.9 Å². The molecule has 0 spiro atoms. The van der Waals surface area contributed by atoms with E-state index in [0.717, 1.165) is 37.1 Å². The largest absolute Gasteiger partial charge is 0.482 e. The first-order valence-corrected chi connectivity index (χ1v) is 13.6. The fraction of sp³-hybridized carbons (Fsp3) is 0.407. The molecule has 0 amide bonds. The van der Waals surface area contributed by atoms with Gasteiger partial charge < -0.3 is 26.0 Å². The molecule has 2 aromatic heterocycles. The second-order valence-electron chi connectivity index (χ2n) is 9.31. The highest BCUT2D eigenvalue weighted by atomic mass is 35.5. The van der Waals surface area contributed by atoms with Crippen LogP contribution in [0.25, 0.3) is 11.1 Å².